The molecular formula is C15H31N3O6Si4. The molecule has 28 heavy (non-hydrogen) atoms. The highest BCUT2D eigenvalue weighted by Crippen LogP contribution is 2.48. The van der Waals surface area contributed by atoms with E-state index in [0.29, 0.717) is 0 Å². The van der Waals surface area contributed by atoms with Gasteiger partial charge in [0.05, 0.1) is 6.54 Å². The van der Waals surface area contributed by atoms with Crippen molar-refractivity contribution < 1.29 is 27.7 Å². The molecule has 0 bridgehead atoms. The van der Waals surface area contributed by atoms with E-state index in [0.717, 1.165) is 0 Å². The van der Waals surface area contributed by atoms with Crippen LogP contribution in [0.3, 0.4) is 0 Å². The van der Waals surface area contributed by atoms with E-state index >= 15 is 0 Å². The summed E-state index contributed by atoms with van der Waals surface area (Å²) in [5, 5.41) is -1.50. The van der Waals surface area contributed by atoms with Gasteiger partial charge in [-0.3, -0.25) is 0 Å². The van der Waals surface area contributed by atoms with E-state index in [1.54, 1.807) is 33.5 Å². The zero-order valence-corrected chi connectivity index (χ0v) is 22.2. The Morgan fingerprint density at radius 3 is 1.32 bits per heavy atom. The molecule has 0 aromatic rings. The highest BCUT2D eigenvalue weighted by Gasteiger charge is 2.80. The van der Waals surface area contributed by atoms with Crippen LogP contribution in [-0.4, -0.2) is 81.5 Å². The second-order valence-electron chi connectivity index (χ2n) is 7.84. The number of hydrogen-bond donors (Lipinski definition) is 0. The zero-order valence-electron chi connectivity index (χ0n) is 18.2. The minimum atomic E-state index is -3.15. The summed E-state index contributed by atoms with van der Waals surface area (Å²) >= 11 is 0. The molecule has 0 aliphatic carbocycles. The molecule has 0 atom stereocenters. The summed E-state index contributed by atoms with van der Waals surface area (Å²) < 4.78 is 18.3. The third-order valence-electron chi connectivity index (χ3n) is 5.94. The smallest absolute Gasteiger partial charge is 0.237 e. The predicted octanol–water partition coefficient (Wildman–Crippen LogP) is 1.86. The van der Waals surface area contributed by atoms with Crippen molar-refractivity contribution in [3.8, 4) is 0 Å². The number of rotatable bonds is 12. The van der Waals surface area contributed by atoms with Crippen LogP contribution in [0.4, 0.5) is 0 Å². The lowest BCUT2D eigenvalue weighted by atomic mass is 10.3. The quantitative estimate of drug-likeness (QED) is 0.249. The second kappa shape index (κ2) is 10.1. The van der Waals surface area contributed by atoms with Gasteiger partial charge >= 0.3 is 0 Å². The number of nitrogens with zero attached hydrogens (tertiary/aromatic N) is 3. The summed E-state index contributed by atoms with van der Waals surface area (Å²) in [6.45, 7) is 9.00. The largest absolute Gasteiger partial charge is 0.423 e. The Morgan fingerprint density at radius 1 is 0.714 bits per heavy atom. The van der Waals surface area contributed by atoms with Crippen molar-refractivity contribution in [3.63, 3.8) is 0 Å². The molecule has 0 amide bonds. The van der Waals surface area contributed by atoms with Crippen molar-refractivity contribution in [2.24, 2.45) is 15.0 Å². The maximum absolute atomic E-state index is 11.6. The summed E-state index contributed by atoms with van der Waals surface area (Å²) in [5.41, 5.74) is 0. The molecule has 0 rings (SSSR count). The predicted molar refractivity (Wildman–Crippen MR) is 116 cm³/mol. The fourth-order valence-corrected chi connectivity index (χ4v) is 85.3. The summed E-state index contributed by atoms with van der Waals surface area (Å²) in [4.78, 5) is 45.7. The number of isocyanates is 3. The Bertz CT molecular complexity index is 637. The molecule has 0 aromatic heterocycles. The Morgan fingerprint density at radius 2 is 1.07 bits per heavy atom. The molecule has 0 aliphatic heterocycles. The van der Waals surface area contributed by atoms with Crippen LogP contribution in [0.1, 0.15) is 6.42 Å². The highest BCUT2D eigenvalue weighted by molar-refractivity contribution is 7.88. The Labute approximate surface area is 170 Å². The van der Waals surface area contributed by atoms with Crippen LogP contribution in [0.25, 0.3) is 0 Å². The summed E-state index contributed by atoms with van der Waals surface area (Å²) in [7, 11) is -3.27. The minimum Gasteiger partial charge on any atom is -0.423 e. The lowest BCUT2D eigenvalue weighted by molar-refractivity contribution is 0.393. The van der Waals surface area contributed by atoms with Crippen molar-refractivity contribution >= 4 is 48.4 Å². The average Bonchev–Trinajstić information content (AvgIpc) is 2.62. The molecule has 13 heteroatoms. The number of carbonyl (C=O) groups excluding carboxylic acids is 3. The van der Waals surface area contributed by atoms with Gasteiger partial charge in [-0.15, -0.1) is 0 Å². The topological polar surface area (TPSA) is 116 Å². The molecule has 0 N–H and O–H groups in total. The molecule has 158 valence electrons. The van der Waals surface area contributed by atoms with E-state index in [1.165, 1.54) is 6.08 Å². The lowest BCUT2D eigenvalue weighted by Gasteiger charge is -2.60. The van der Waals surface area contributed by atoms with Crippen LogP contribution < -0.4 is 0 Å². The molecule has 0 heterocycles. The van der Waals surface area contributed by atoms with Gasteiger partial charge in [-0.25, -0.2) is 19.4 Å². The third kappa shape index (κ3) is 4.24. The van der Waals surface area contributed by atoms with Gasteiger partial charge in [0.15, 0.2) is 35.4 Å². The Hall–Kier alpha value is -1.11. The maximum atomic E-state index is 11.6. The standard InChI is InChI=1S/C15H31N3O6Si4/c1-22-25(4,5)28(26(6,7)23-2,27(8,9)24-3)15(17-13-20,18-14-21)10-11-16-12-19/h10-11H2,1-9H3. The van der Waals surface area contributed by atoms with Gasteiger partial charge < -0.3 is 13.3 Å². The van der Waals surface area contributed by atoms with E-state index < -0.39 is 35.4 Å². The van der Waals surface area contributed by atoms with Gasteiger partial charge in [-0.05, 0) is 39.3 Å². The Balaban J connectivity index is 7.77. The molecule has 0 saturated carbocycles. The van der Waals surface area contributed by atoms with Crippen LogP contribution in [0.15, 0.2) is 15.0 Å². The fraction of sp³-hybridized carbons (Fsp3) is 0.800. The number of hydrogen-bond acceptors (Lipinski definition) is 9. The highest BCUT2D eigenvalue weighted by atomic mass is 29.9. The second-order valence-corrected chi connectivity index (χ2v) is 42.5. The lowest BCUT2D eigenvalue weighted by Crippen LogP contribution is -2.94. The van der Waals surface area contributed by atoms with E-state index in [2.05, 4.69) is 15.0 Å². The van der Waals surface area contributed by atoms with Crippen molar-refractivity contribution in [1.82, 2.24) is 0 Å². The first kappa shape index (κ1) is 26.9. The van der Waals surface area contributed by atoms with E-state index in [-0.39, 0.29) is 13.0 Å². The van der Waals surface area contributed by atoms with Crippen molar-refractivity contribution in [1.29, 1.82) is 0 Å². The van der Waals surface area contributed by atoms with Crippen LogP contribution in [0.5, 0.6) is 0 Å². The third-order valence-corrected chi connectivity index (χ3v) is 70.3. The zero-order chi connectivity index (χ0) is 22.3. The normalized spacial score (nSPS) is 14.9. The van der Waals surface area contributed by atoms with Gasteiger partial charge in [-0.1, -0.05) is 0 Å². The summed E-state index contributed by atoms with van der Waals surface area (Å²) in [6.07, 6.45) is 4.76. The molecule has 0 unspecified atom stereocenters. The maximum Gasteiger partial charge on any atom is 0.237 e. The molecule has 0 aliphatic rings. The van der Waals surface area contributed by atoms with Gasteiger partial charge in [0.2, 0.25) is 18.2 Å². The SMILES string of the molecule is CO[Si](C)(C)[Si](C(CCN=C=O)(N=C=O)N=C=O)([Si](C)(C)OC)[Si](C)(C)OC. The first-order valence-corrected chi connectivity index (χ1v) is 22.5. The van der Waals surface area contributed by atoms with Gasteiger partial charge in [-0.2, -0.15) is 9.98 Å². The summed E-state index contributed by atoms with van der Waals surface area (Å²) in [5.74, 6) is 0. The van der Waals surface area contributed by atoms with E-state index in [1.807, 2.05) is 39.3 Å². The van der Waals surface area contributed by atoms with Gasteiger partial charge in [0, 0.05) is 27.8 Å². The Kier molecular flexibility index (Phi) is 9.68. The molecule has 0 aromatic carbocycles. The van der Waals surface area contributed by atoms with Crippen LogP contribution in [-0.2, 0) is 27.7 Å². The monoisotopic (exact) mass is 461 g/mol. The summed E-state index contributed by atoms with van der Waals surface area (Å²) in [6, 6.07) is 0. The van der Waals surface area contributed by atoms with Gasteiger partial charge in [0.1, 0.15) is 0 Å². The molecule has 0 radical (unpaired) electrons. The number of aliphatic imine (C=N–C) groups is 3. The minimum absolute atomic E-state index is 0.00874. The molecular weight excluding hydrogens is 431 g/mol. The first-order chi connectivity index (χ1) is 12.9. The average molecular weight is 462 g/mol. The van der Waals surface area contributed by atoms with E-state index in [9.17, 15) is 14.4 Å². The van der Waals surface area contributed by atoms with Crippen molar-refractivity contribution in [2.75, 3.05) is 27.9 Å². The molecule has 9 nitrogen and oxygen atoms in total. The van der Waals surface area contributed by atoms with Crippen LogP contribution in [0, 0.1) is 0 Å². The molecule has 0 fully saturated rings. The van der Waals surface area contributed by atoms with Crippen LogP contribution in [0.2, 0.25) is 39.3 Å². The van der Waals surface area contributed by atoms with Crippen LogP contribution >= 0.6 is 0 Å². The molecule has 0 spiro atoms. The van der Waals surface area contributed by atoms with E-state index in [4.69, 9.17) is 13.3 Å². The first-order valence-electron chi connectivity index (χ1n) is 8.74. The van der Waals surface area contributed by atoms with Crippen molar-refractivity contribution in [2.45, 2.75) is 51.0 Å². The van der Waals surface area contributed by atoms with Crippen molar-refractivity contribution in [3.05, 3.63) is 0 Å². The van der Waals surface area contributed by atoms with Gasteiger partial charge in [0.25, 0.3) is 0 Å². The molecule has 0 saturated heterocycles. The fourth-order valence-electron chi connectivity index (χ4n) is 4.98.